The smallest absolute Gasteiger partial charge is 0.226 e. The number of nitrogens with two attached hydrogens (primary N) is 1. The van der Waals surface area contributed by atoms with Gasteiger partial charge in [0.05, 0.1) is 0 Å². The van der Waals surface area contributed by atoms with Crippen LogP contribution in [-0.2, 0) is 11.2 Å². The maximum Gasteiger partial charge on any atom is 0.226 e. The van der Waals surface area contributed by atoms with Gasteiger partial charge in [0.2, 0.25) is 5.24 Å². The molecule has 0 aliphatic rings. The molecule has 0 saturated carbocycles. The molecule has 0 aliphatic heterocycles. The first-order valence-electron chi connectivity index (χ1n) is 3.21. The van der Waals surface area contributed by atoms with Gasteiger partial charge >= 0.3 is 0 Å². The zero-order chi connectivity index (χ0) is 8.27. The van der Waals surface area contributed by atoms with Crippen molar-refractivity contribution in [2.45, 2.75) is 6.42 Å². The number of carbonyl (C=O) groups is 1. The maximum absolute atomic E-state index is 10.4. The maximum atomic E-state index is 10.4. The first-order chi connectivity index (χ1) is 5.18. The Labute approximate surface area is 70.0 Å². The third-order valence-corrected chi connectivity index (χ3v) is 1.46. The predicted octanol–water partition coefficient (Wildman–Crippen LogP) is 1.58. The quantitative estimate of drug-likeness (QED) is 0.540. The lowest BCUT2D eigenvalue weighted by molar-refractivity contribution is -0.111. The van der Waals surface area contributed by atoms with Gasteiger partial charge in [-0.25, -0.2) is 0 Å². The summed E-state index contributed by atoms with van der Waals surface area (Å²) in [5.74, 6) is 0. The molecule has 2 nitrogen and oxygen atoms in total. The number of halogens is 1. The van der Waals surface area contributed by atoms with Crippen LogP contribution in [0.25, 0.3) is 0 Å². The third-order valence-electron chi connectivity index (χ3n) is 1.32. The highest BCUT2D eigenvalue weighted by atomic mass is 35.5. The summed E-state index contributed by atoms with van der Waals surface area (Å²) < 4.78 is 0. The number of rotatable bonds is 2. The van der Waals surface area contributed by atoms with Crippen molar-refractivity contribution in [3.8, 4) is 0 Å². The minimum atomic E-state index is -0.352. The Hall–Kier alpha value is -1.02. The van der Waals surface area contributed by atoms with Crippen LogP contribution in [0.1, 0.15) is 5.56 Å². The van der Waals surface area contributed by atoms with Gasteiger partial charge in [-0.1, -0.05) is 12.1 Å². The zero-order valence-corrected chi connectivity index (χ0v) is 6.64. The predicted molar refractivity (Wildman–Crippen MR) is 45.4 cm³/mol. The zero-order valence-electron chi connectivity index (χ0n) is 5.88. The fourth-order valence-corrected chi connectivity index (χ4v) is 0.950. The molecule has 11 heavy (non-hydrogen) atoms. The van der Waals surface area contributed by atoms with E-state index >= 15 is 0 Å². The van der Waals surface area contributed by atoms with Crippen LogP contribution in [0.5, 0.6) is 0 Å². The van der Waals surface area contributed by atoms with Crippen molar-refractivity contribution in [1.29, 1.82) is 0 Å². The van der Waals surface area contributed by atoms with Gasteiger partial charge in [0, 0.05) is 12.1 Å². The average Bonchev–Trinajstić information content (AvgIpc) is 1.93. The Bertz CT molecular complexity index is 255. The molecule has 0 aromatic heterocycles. The lowest BCUT2D eigenvalue weighted by Crippen LogP contribution is -1.93. The van der Waals surface area contributed by atoms with Crippen LogP contribution >= 0.6 is 11.6 Å². The molecule has 0 spiro atoms. The third kappa shape index (κ3) is 2.60. The largest absolute Gasteiger partial charge is 0.399 e. The summed E-state index contributed by atoms with van der Waals surface area (Å²) in [4.78, 5) is 10.4. The Balaban J connectivity index is 2.74. The molecule has 0 amide bonds. The summed E-state index contributed by atoms with van der Waals surface area (Å²) in [6.07, 6.45) is 0.266. The van der Waals surface area contributed by atoms with E-state index in [0.29, 0.717) is 5.69 Å². The van der Waals surface area contributed by atoms with Crippen molar-refractivity contribution in [2.24, 2.45) is 0 Å². The molecule has 1 aromatic rings. The fourth-order valence-electron chi connectivity index (χ4n) is 0.796. The van der Waals surface area contributed by atoms with Gasteiger partial charge in [0.15, 0.2) is 0 Å². The Morgan fingerprint density at radius 3 is 2.36 bits per heavy atom. The molecule has 0 fully saturated rings. The second-order valence-electron chi connectivity index (χ2n) is 2.27. The van der Waals surface area contributed by atoms with Gasteiger partial charge in [-0.2, -0.15) is 0 Å². The molecule has 0 heterocycles. The van der Waals surface area contributed by atoms with E-state index in [9.17, 15) is 4.79 Å². The Kier molecular flexibility index (Phi) is 2.49. The number of anilines is 1. The van der Waals surface area contributed by atoms with Crippen LogP contribution in [0.3, 0.4) is 0 Å². The molecule has 0 radical (unpaired) electrons. The number of hydrogen-bond donors (Lipinski definition) is 1. The Morgan fingerprint density at radius 2 is 1.91 bits per heavy atom. The van der Waals surface area contributed by atoms with Crippen LogP contribution < -0.4 is 5.73 Å². The van der Waals surface area contributed by atoms with Gasteiger partial charge in [-0.3, -0.25) is 4.79 Å². The summed E-state index contributed by atoms with van der Waals surface area (Å²) in [7, 11) is 0. The number of carbonyl (C=O) groups excluding carboxylic acids is 1. The lowest BCUT2D eigenvalue weighted by Gasteiger charge is -1.96. The average molecular weight is 170 g/mol. The number of benzene rings is 1. The van der Waals surface area contributed by atoms with E-state index < -0.39 is 0 Å². The molecule has 0 saturated heterocycles. The van der Waals surface area contributed by atoms with E-state index in [1.165, 1.54) is 0 Å². The minimum Gasteiger partial charge on any atom is -0.399 e. The van der Waals surface area contributed by atoms with Crippen molar-refractivity contribution in [1.82, 2.24) is 0 Å². The van der Waals surface area contributed by atoms with Crippen molar-refractivity contribution in [3.63, 3.8) is 0 Å². The normalized spacial score (nSPS) is 9.55. The molecule has 0 aliphatic carbocycles. The second kappa shape index (κ2) is 3.39. The Morgan fingerprint density at radius 1 is 1.36 bits per heavy atom. The molecule has 0 atom stereocenters. The van der Waals surface area contributed by atoms with Gasteiger partial charge in [-0.15, -0.1) is 0 Å². The summed E-state index contributed by atoms with van der Waals surface area (Å²) in [6, 6.07) is 7.07. The minimum absolute atomic E-state index is 0.266. The standard InChI is InChI=1S/C8H8ClNO/c9-8(11)5-6-1-3-7(10)4-2-6/h1-4H,5,10H2. The molecular formula is C8H8ClNO. The van der Waals surface area contributed by atoms with Crippen molar-refractivity contribution in [3.05, 3.63) is 29.8 Å². The van der Waals surface area contributed by atoms with E-state index in [4.69, 9.17) is 17.3 Å². The van der Waals surface area contributed by atoms with Gasteiger partial charge < -0.3 is 5.73 Å². The molecule has 58 valence electrons. The molecular weight excluding hydrogens is 162 g/mol. The summed E-state index contributed by atoms with van der Waals surface area (Å²) >= 11 is 5.18. The lowest BCUT2D eigenvalue weighted by atomic mass is 10.1. The molecule has 1 aromatic carbocycles. The highest BCUT2D eigenvalue weighted by Gasteiger charge is 1.97. The molecule has 2 N–H and O–H groups in total. The molecule has 1 rings (SSSR count). The van der Waals surface area contributed by atoms with Crippen LogP contribution in [0.15, 0.2) is 24.3 Å². The van der Waals surface area contributed by atoms with Crippen molar-refractivity contribution in [2.75, 3.05) is 5.73 Å². The monoisotopic (exact) mass is 169 g/mol. The topological polar surface area (TPSA) is 43.1 Å². The molecule has 0 bridgehead atoms. The number of hydrogen-bond acceptors (Lipinski definition) is 2. The van der Waals surface area contributed by atoms with Gasteiger partial charge in [0.1, 0.15) is 0 Å². The SMILES string of the molecule is Nc1ccc(CC(=O)Cl)cc1. The summed E-state index contributed by atoms with van der Waals surface area (Å²) in [6.45, 7) is 0. The van der Waals surface area contributed by atoms with Crippen LogP contribution in [0.2, 0.25) is 0 Å². The first kappa shape index (κ1) is 8.08. The summed E-state index contributed by atoms with van der Waals surface area (Å²) in [5.41, 5.74) is 7.02. The van der Waals surface area contributed by atoms with Crippen LogP contribution in [0, 0.1) is 0 Å². The van der Waals surface area contributed by atoms with E-state index in [0.717, 1.165) is 5.56 Å². The van der Waals surface area contributed by atoms with Crippen LogP contribution in [-0.4, -0.2) is 5.24 Å². The van der Waals surface area contributed by atoms with E-state index in [1.807, 2.05) is 0 Å². The fraction of sp³-hybridized carbons (Fsp3) is 0.125. The highest BCUT2D eigenvalue weighted by Crippen LogP contribution is 2.06. The van der Waals surface area contributed by atoms with Crippen LogP contribution in [0.4, 0.5) is 5.69 Å². The summed E-state index contributed by atoms with van der Waals surface area (Å²) in [5, 5.41) is -0.352. The van der Waals surface area contributed by atoms with Crippen molar-refractivity contribution < 1.29 is 4.79 Å². The van der Waals surface area contributed by atoms with Gasteiger partial charge in [0.25, 0.3) is 0 Å². The highest BCUT2D eigenvalue weighted by molar-refractivity contribution is 6.63. The first-order valence-corrected chi connectivity index (χ1v) is 3.59. The van der Waals surface area contributed by atoms with E-state index in [1.54, 1.807) is 24.3 Å². The van der Waals surface area contributed by atoms with Crippen molar-refractivity contribution >= 4 is 22.5 Å². The number of nitrogen functional groups attached to an aromatic ring is 1. The molecule has 0 unspecified atom stereocenters. The van der Waals surface area contributed by atoms with Gasteiger partial charge in [-0.05, 0) is 29.3 Å². The second-order valence-corrected chi connectivity index (χ2v) is 2.70. The van der Waals surface area contributed by atoms with E-state index in [-0.39, 0.29) is 11.7 Å². The molecule has 3 heteroatoms. The van der Waals surface area contributed by atoms with E-state index in [2.05, 4.69) is 0 Å².